The van der Waals surface area contributed by atoms with Crippen LogP contribution in [0.3, 0.4) is 0 Å². The molecule has 0 heterocycles. The van der Waals surface area contributed by atoms with E-state index in [1.54, 1.807) is 6.92 Å². The van der Waals surface area contributed by atoms with E-state index in [0.717, 1.165) is 51.4 Å². The van der Waals surface area contributed by atoms with Gasteiger partial charge in [0.1, 0.15) is 31.3 Å². The molecule has 27 heteroatoms. The van der Waals surface area contributed by atoms with Gasteiger partial charge in [-0.3, -0.25) is 33.6 Å². The summed E-state index contributed by atoms with van der Waals surface area (Å²) in [6.07, 6.45) is 15.8. The molecule has 0 aliphatic carbocycles. The molecule has 0 saturated carbocycles. The summed E-state index contributed by atoms with van der Waals surface area (Å²) in [6.45, 7) is 2.09. The average Bonchev–Trinajstić information content (AvgIpc) is 3.39. The predicted octanol–water partition coefficient (Wildman–Crippen LogP) is 2.69. The zero-order chi connectivity index (χ0) is 58.9. The van der Waals surface area contributed by atoms with Crippen LogP contribution in [0.15, 0.2) is 5.11 Å². The maximum Gasteiger partial charge on any atom is 0.326 e. The fourth-order valence-electron chi connectivity index (χ4n) is 7.72. The number of nitrogens with two attached hydrogens (primary N) is 1. The minimum absolute atomic E-state index is 0.0412. The van der Waals surface area contributed by atoms with Crippen molar-refractivity contribution in [1.82, 2.24) is 31.9 Å². The molecule has 0 fully saturated rings. The second-order valence-electron chi connectivity index (χ2n) is 19.3. The normalized spacial score (nSPS) is 12.9. The first-order valence-electron chi connectivity index (χ1n) is 27.9. The number of nitrogens with one attached hydrogen (secondary N) is 7. The van der Waals surface area contributed by atoms with Gasteiger partial charge in [0.25, 0.3) is 0 Å². The molecule has 0 aromatic rings. The minimum Gasteiger partial charge on any atom is -0.481 e. The molecule has 13 N–H and O–H groups in total. The first kappa shape index (κ1) is 73.1. The van der Waals surface area contributed by atoms with E-state index in [0.29, 0.717) is 32.2 Å². The Morgan fingerprint density at radius 1 is 0.405 bits per heavy atom. The Morgan fingerprint density at radius 2 is 0.759 bits per heavy atom. The van der Waals surface area contributed by atoms with Crippen molar-refractivity contribution in [1.29, 1.82) is 5.53 Å². The monoisotopic (exact) mass is 1130 g/mol. The highest BCUT2D eigenvalue weighted by atomic mass is 16.5. The van der Waals surface area contributed by atoms with Crippen molar-refractivity contribution in [3.05, 3.63) is 0 Å². The summed E-state index contributed by atoms with van der Waals surface area (Å²) in [6, 6.07) is -4.63. The highest BCUT2D eigenvalue weighted by Gasteiger charge is 2.25. The van der Waals surface area contributed by atoms with E-state index in [1.807, 2.05) is 0 Å². The van der Waals surface area contributed by atoms with Crippen LogP contribution >= 0.6 is 0 Å². The van der Waals surface area contributed by atoms with Crippen molar-refractivity contribution < 1.29 is 87.3 Å². The van der Waals surface area contributed by atoms with Gasteiger partial charge in [0.2, 0.25) is 35.4 Å². The molecule has 0 aliphatic rings. The smallest absolute Gasteiger partial charge is 0.326 e. The highest BCUT2D eigenvalue weighted by molar-refractivity contribution is 5.87. The van der Waals surface area contributed by atoms with Crippen molar-refractivity contribution >= 4 is 59.3 Å². The van der Waals surface area contributed by atoms with Crippen LogP contribution in [0.1, 0.15) is 167 Å². The van der Waals surface area contributed by atoms with Crippen molar-refractivity contribution in [3.63, 3.8) is 0 Å². The van der Waals surface area contributed by atoms with E-state index >= 15 is 0 Å². The number of carbonyl (C=O) groups is 10. The van der Waals surface area contributed by atoms with E-state index in [2.05, 4.69) is 37.0 Å². The molecule has 5 atom stereocenters. The summed E-state index contributed by atoms with van der Waals surface area (Å²) in [5, 5.41) is 55.6. The first-order valence-corrected chi connectivity index (χ1v) is 27.9. The Morgan fingerprint density at radius 3 is 1.18 bits per heavy atom. The van der Waals surface area contributed by atoms with Crippen molar-refractivity contribution in [2.45, 2.75) is 198 Å². The third-order valence-corrected chi connectivity index (χ3v) is 12.3. The van der Waals surface area contributed by atoms with Gasteiger partial charge < -0.3 is 77.0 Å². The Balaban J connectivity index is 3.97. The van der Waals surface area contributed by atoms with E-state index < -0.39 is 84.6 Å². The molecule has 27 nitrogen and oxygen atoms in total. The van der Waals surface area contributed by atoms with Gasteiger partial charge in [0, 0.05) is 57.8 Å². The maximum absolute atomic E-state index is 12.5. The van der Waals surface area contributed by atoms with Gasteiger partial charge in [0.15, 0.2) is 0 Å². The summed E-state index contributed by atoms with van der Waals surface area (Å²) in [5.41, 5.74) is 12.9. The molecule has 0 aromatic heterocycles. The van der Waals surface area contributed by atoms with Gasteiger partial charge in [-0.25, -0.2) is 19.9 Å². The molecule has 0 rings (SSSR count). The number of hydrogen-bond donors (Lipinski definition) is 12. The number of rotatable bonds is 55. The Labute approximate surface area is 463 Å². The lowest BCUT2D eigenvalue weighted by Gasteiger charge is -2.17. The standard InChI is InChI=1S/C52H93N9O18/c1-38(53)39(61-54)18-16-17-27-55-43(62)24-21-41(51(72)73)59-46(65)26-23-42(52(74)75)60-48(67)37-79-35-33-77-31-29-57-47(66)36-78-34-32-76-30-28-56-44(63)25-22-40(50(70)71)58-45(64)19-14-12-10-8-6-4-2-3-5-7-9-11-13-15-20-49(68)69/h38-42,54H,2-37,53H2,1H3,(H,55,62)(H,56,63)(H,57,66)(H,58,64)(H,59,65)(H,60,67)(H,68,69)(H,70,71)(H,72,73)(H,74,75). The van der Waals surface area contributed by atoms with Crippen LogP contribution in [0.5, 0.6) is 0 Å². The lowest BCUT2D eigenvalue weighted by molar-refractivity contribution is -0.144. The fraction of sp³-hybridized carbons (Fsp3) is 0.808. The van der Waals surface area contributed by atoms with Gasteiger partial charge in [-0.15, -0.1) is 0 Å². The Hall–Kier alpha value is -5.90. The molecule has 0 bridgehead atoms. The van der Waals surface area contributed by atoms with Gasteiger partial charge in [-0.2, -0.15) is 5.11 Å². The van der Waals surface area contributed by atoms with Crippen LogP contribution in [0.2, 0.25) is 0 Å². The van der Waals surface area contributed by atoms with E-state index in [1.165, 1.54) is 32.1 Å². The molecule has 5 unspecified atom stereocenters. The summed E-state index contributed by atoms with van der Waals surface area (Å²) in [7, 11) is 0. The molecule has 0 radical (unpaired) electrons. The minimum atomic E-state index is -1.48. The van der Waals surface area contributed by atoms with Crippen molar-refractivity contribution in [3.8, 4) is 0 Å². The molecule has 0 aliphatic heterocycles. The van der Waals surface area contributed by atoms with Gasteiger partial charge >= 0.3 is 23.9 Å². The predicted molar refractivity (Wildman–Crippen MR) is 287 cm³/mol. The molecule has 0 saturated heterocycles. The topological polar surface area (TPSA) is 423 Å². The van der Waals surface area contributed by atoms with Crippen LogP contribution in [-0.2, 0) is 66.9 Å². The third-order valence-electron chi connectivity index (χ3n) is 12.3. The van der Waals surface area contributed by atoms with E-state index in [9.17, 15) is 63.3 Å². The molecule has 79 heavy (non-hydrogen) atoms. The highest BCUT2D eigenvalue weighted by Crippen LogP contribution is 2.14. The van der Waals surface area contributed by atoms with Gasteiger partial charge in [0.05, 0.1) is 45.7 Å². The van der Waals surface area contributed by atoms with Crippen LogP contribution < -0.4 is 37.6 Å². The molecule has 0 aromatic carbocycles. The fourth-order valence-corrected chi connectivity index (χ4v) is 7.72. The van der Waals surface area contributed by atoms with Gasteiger partial charge in [-0.1, -0.05) is 77.0 Å². The number of nitrogens with zero attached hydrogens (tertiary/aromatic N) is 1. The first-order chi connectivity index (χ1) is 37.9. The Bertz CT molecular complexity index is 1780. The zero-order valence-corrected chi connectivity index (χ0v) is 46.4. The lowest BCUT2D eigenvalue weighted by Crippen LogP contribution is -2.45. The van der Waals surface area contributed by atoms with Crippen LogP contribution in [0.25, 0.3) is 0 Å². The average molecular weight is 1130 g/mol. The van der Waals surface area contributed by atoms with Crippen LogP contribution in [0.4, 0.5) is 0 Å². The summed E-state index contributed by atoms with van der Waals surface area (Å²) in [4.78, 5) is 119. The molecular formula is C52H93N9O18. The zero-order valence-electron chi connectivity index (χ0n) is 46.4. The summed E-state index contributed by atoms with van der Waals surface area (Å²) in [5.74, 6) is -7.91. The molecule has 454 valence electrons. The number of hydrogen-bond acceptors (Lipinski definition) is 17. The van der Waals surface area contributed by atoms with E-state index in [-0.39, 0.29) is 122 Å². The Kier molecular flexibility index (Phi) is 45.5. The van der Waals surface area contributed by atoms with E-state index in [4.69, 9.17) is 35.3 Å². The van der Waals surface area contributed by atoms with Crippen LogP contribution in [-0.4, -0.2) is 182 Å². The molecule has 6 amide bonds. The lowest BCUT2D eigenvalue weighted by atomic mass is 10.0. The van der Waals surface area contributed by atoms with Gasteiger partial charge in [-0.05, 0) is 58.3 Å². The SMILES string of the molecule is CC(N)C(CCCCNC(=O)CCC(NC(=O)CCC(NC(=O)COCCOCCNC(=O)COCCOCCNC(=O)CCC(NC(=O)CCCCCCCCCCCCCCCCC(=O)O)C(=O)O)C(=O)O)C(=O)O)N=N. The van der Waals surface area contributed by atoms with Crippen LogP contribution in [0, 0.1) is 5.53 Å². The quantitative estimate of drug-likeness (QED) is 0.0308. The summed E-state index contributed by atoms with van der Waals surface area (Å²) >= 11 is 0. The van der Waals surface area contributed by atoms with Crippen molar-refractivity contribution in [2.24, 2.45) is 10.8 Å². The maximum atomic E-state index is 12.5. The number of carbonyl (C=O) groups excluding carboxylic acids is 6. The third kappa shape index (κ3) is 45.6. The second-order valence-corrected chi connectivity index (χ2v) is 19.3. The number of ether oxygens (including phenoxy) is 4. The van der Waals surface area contributed by atoms with Crippen molar-refractivity contribution in [2.75, 3.05) is 72.5 Å². The number of amides is 6. The number of carboxylic acids is 4. The molecular weight excluding hydrogens is 1040 g/mol. The summed E-state index contributed by atoms with van der Waals surface area (Å²) < 4.78 is 21.2. The number of carboxylic acid groups (broad SMARTS) is 4. The number of aliphatic carboxylic acids is 4. The largest absolute Gasteiger partial charge is 0.481 e. The molecule has 0 spiro atoms. The number of unbranched alkanes of at least 4 members (excludes halogenated alkanes) is 14. The second kappa shape index (κ2) is 49.2.